The van der Waals surface area contributed by atoms with Gasteiger partial charge in [-0.15, -0.1) is 10.2 Å². The van der Waals surface area contributed by atoms with E-state index in [1.807, 2.05) is 35.3 Å². The maximum Gasteiger partial charge on any atom is 0.166 e. The summed E-state index contributed by atoms with van der Waals surface area (Å²) in [5.74, 6) is 8.11. The van der Waals surface area contributed by atoms with Crippen molar-refractivity contribution in [1.29, 1.82) is 0 Å². The van der Waals surface area contributed by atoms with E-state index in [0.717, 1.165) is 51.1 Å². The van der Waals surface area contributed by atoms with E-state index in [2.05, 4.69) is 66.3 Å². The summed E-state index contributed by atoms with van der Waals surface area (Å²) >= 11 is 0. The van der Waals surface area contributed by atoms with Crippen molar-refractivity contribution < 1.29 is 4.74 Å². The van der Waals surface area contributed by atoms with Crippen LogP contribution in [0.1, 0.15) is 28.3 Å². The van der Waals surface area contributed by atoms with Gasteiger partial charge < -0.3 is 13.7 Å². The lowest BCUT2D eigenvalue weighted by atomic mass is 10.1. The molecule has 0 saturated heterocycles. The highest BCUT2D eigenvalue weighted by atomic mass is 16.5. The van der Waals surface area contributed by atoms with E-state index in [1.54, 1.807) is 13.3 Å². The minimum absolute atomic E-state index is 0.383. The Balaban J connectivity index is 1.50. The molecule has 0 aliphatic carbocycles. The summed E-state index contributed by atoms with van der Waals surface area (Å²) < 4.78 is 11.5. The van der Waals surface area contributed by atoms with Crippen molar-refractivity contribution in [2.75, 3.05) is 7.11 Å². The molecule has 0 bridgehead atoms. The molecule has 156 valence electrons. The molecule has 0 unspecified atom stereocenters. The molecule has 0 atom stereocenters. The van der Waals surface area contributed by atoms with Crippen molar-refractivity contribution in [3.05, 3.63) is 83.6 Å². The number of methoxy groups -OCH3 is 1. The lowest BCUT2D eigenvalue weighted by molar-refractivity contribution is 0.174. The second-order valence-corrected chi connectivity index (χ2v) is 7.75. The second kappa shape index (κ2) is 7.18. The second-order valence-electron chi connectivity index (χ2n) is 7.75. The molecular formula is C24H19N7O. The average Bonchev–Trinajstić information content (AvgIpc) is 3.50. The van der Waals surface area contributed by atoms with Gasteiger partial charge in [-0.3, -0.25) is 4.57 Å². The predicted molar refractivity (Wildman–Crippen MR) is 118 cm³/mol. The van der Waals surface area contributed by atoms with Gasteiger partial charge >= 0.3 is 0 Å². The van der Waals surface area contributed by atoms with E-state index in [9.17, 15) is 0 Å². The third-order valence-electron chi connectivity index (χ3n) is 5.65. The number of nitrogens with zero attached hydrogens (tertiary/aromatic N) is 7. The highest BCUT2D eigenvalue weighted by Crippen LogP contribution is 2.33. The Labute approximate surface area is 184 Å². The van der Waals surface area contributed by atoms with Gasteiger partial charge in [0.15, 0.2) is 11.6 Å². The molecule has 0 radical (unpaired) electrons. The van der Waals surface area contributed by atoms with E-state index in [4.69, 9.17) is 4.74 Å². The van der Waals surface area contributed by atoms with Gasteiger partial charge in [0, 0.05) is 36.8 Å². The molecule has 8 heteroatoms. The first kappa shape index (κ1) is 18.5. The topological polar surface area (TPSA) is 75.1 Å². The van der Waals surface area contributed by atoms with Crippen LogP contribution in [-0.2, 0) is 17.9 Å². The molecule has 1 aromatic carbocycles. The van der Waals surface area contributed by atoms with Gasteiger partial charge in [0.05, 0.1) is 17.9 Å². The Bertz CT molecular complexity index is 1540. The lowest BCUT2D eigenvalue weighted by Crippen LogP contribution is -2.09. The van der Waals surface area contributed by atoms with Crippen LogP contribution in [0.25, 0.3) is 22.7 Å². The van der Waals surface area contributed by atoms with E-state index in [0.29, 0.717) is 13.2 Å². The summed E-state index contributed by atoms with van der Waals surface area (Å²) in [6.45, 7) is 3.01. The van der Waals surface area contributed by atoms with Crippen molar-refractivity contribution in [2.45, 2.75) is 20.1 Å². The molecule has 5 heterocycles. The van der Waals surface area contributed by atoms with E-state index in [-0.39, 0.29) is 0 Å². The fraction of sp³-hybridized carbons (Fsp3) is 0.167. The van der Waals surface area contributed by atoms with Crippen molar-refractivity contribution in [3.63, 3.8) is 0 Å². The number of imidazole rings is 2. The third-order valence-corrected chi connectivity index (χ3v) is 5.65. The van der Waals surface area contributed by atoms with E-state index in [1.165, 1.54) is 0 Å². The number of benzene rings is 1. The first-order chi connectivity index (χ1) is 15.7. The Kier molecular flexibility index (Phi) is 4.16. The van der Waals surface area contributed by atoms with Crippen LogP contribution in [-0.4, -0.2) is 40.8 Å². The van der Waals surface area contributed by atoms with Crippen LogP contribution in [0.3, 0.4) is 0 Å². The van der Waals surface area contributed by atoms with Gasteiger partial charge in [-0.05, 0) is 37.1 Å². The van der Waals surface area contributed by atoms with Gasteiger partial charge in [0.25, 0.3) is 0 Å². The Morgan fingerprint density at radius 2 is 2.00 bits per heavy atom. The number of aromatic nitrogens is 7. The quantitative estimate of drug-likeness (QED) is 0.402. The molecule has 0 fully saturated rings. The van der Waals surface area contributed by atoms with E-state index < -0.39 is 0 Å². The number of hydrogen-bond donors (Lipinski definition) is 0. The minimum atomic E-state index is 0.383. The zero-order chi connectivity index (χ0) is 21.7. The molecule has 5 aromatic rings. The summed E-state index contributed by atoms with van der Waals surface area (Å²) in [5, 5.41) is 8.86. The highest BCUT2D eigenvalue weighted by Gasteiger charge is 2.25. The van der Waals surface area contributed by atoms with E-state index >= 15 is 0 Å². The summed E-state index contributed by atoms with van der Waals surface area (Å²) in [5.41, 5.74) is 6.65. The van der Waals surface area contributed by atoms with Gasteiger partial charge in [-0.25, -0.2) is 9.97 Å². The van der Waals surface area contributed by atoms with Crippen LogP contribution in [0.4, 0.5) is 0 Å². The maximum absolute atomic E-state index is 5.36. The summed E-state index contributed by atoms with van der Waals surface area (Å²) in [4.78, 5) is 8.98. The van der Waals surface area contributed by atoms with Crippen LogP contribution in [0.5, 0.6) is 0 Å². The molecule has 6 rings (SSSR count). The van der Waals surface area contributed by atoms with Crippen LogP contribution in [0, 0.1) is 18.8 Å². The third kappa shape index (κ3) is 2.91. The average molecular weight is 421 g/mol. The Morgan fingerprint density at radius 1 is 1.06 bits per heavy atom. The van der Waals surface area contributed by atoms with Gasteiger partial charge in [-0.1, -0.05) is 17.6 Å². The molecule has 0 amide bonds. The molecule has 1 aliphatic heterocycles. The maximum atomic E-state index is 5.36. The number of aryl methyl sites for hydroxylation is 1. The fourth-order valence-electron chi connectivity index (χ4n) is 4.08. The number of rotatable bonds is 2. The Morgan fingerprint density at radius 3 is 2.91 bits per heavy atom. The smallest absolute Gasteiger partial charge is 0.166 e. The molecule has 8 nitrogen and oxygen atoms in total. The SMILES string of the molecule is COCc1nnc2n1Cc1c(C#Cc3ccn4ccnc4c3)ncn1-c1ccc(C)cc1-2. The zero-order valence-electron chi connectivity index (χ0n) is 17.6. The minimum Gasteiger partial charge on any atom is -0.377 e. The lowest BCUT2D eigenvalue weighted by Gasteiger charge is -2.08. The van der Waals surface area contributed by atoms with Crippen LogP contribution >= 0.6 is 0 Å². The molecule has 0 N–H and O–H groups in total. The first-order valence-corrected chi connectivity index (χ1v) is 10.2. The van der Waals surface area contributed by atoms with Crippen molar-refractivity contribution in [3.8, 4) is 28.9 Å². The van der Waals surface area contributed by atoms with Crippen molar-refractivity contribution >= 4 is 5.65 Å². The number of fused-ring (bicyclic) bond motifs is 6. The summed E-state index contributed by atoms with van der Waals surface area (Å²) in [6, 6.07) is 10.3. The highest BCUT2D eigenvalue weighted by molar-refractivity contribution is 5.70. The molecule has 4 aromatic heterocycles. The summed E-state index contributed by atoms with van der Waals surface area (Å²) in [6.07, 6.45) is 7.48. The number of pyridine rings is 1. The fourth-order valence-corrected chi connectivity index (χ4v) is 4.08. The number of ether oxygens (including phenoxy) is 1. The van der Waals surface area contributed by atoms with Gasteiger partial charge in [-0.2, -0.15) is 0 Å². The first-order valence-electron chi connectivity index (χ1n) is 10.2. The monoisotopic (exact) mass is 421 g/mol. The molecule has 32 heavy (non-hydrogen) atoms. The van der Waals surface area contributed by atoms with Crippen molar-refractivity contribution in [2.24, 2.45) is 0 Å². The van der Waals surface area contributed by atoms with Crippen LogP contribution in [0.15, 0.2) is 55.2 Å². The van der Waals surface area contributed by atoms with Crippen LogP contribution in [0.2, 0.25) is 0 Å². The largest absolute Gasteiger partial charge is 0.377 e. The molecule has 1 aliphatic rings. The molecule has 0 spiro atoms. The zero-order valence-corrected chi connectivity index (χ0v) is 17.6. The Hall–Kier alpha value is -4.22. The van der Waals surface area contributed by atoms with Crippen molar-refractivity contribution in [1.82, 2.24) is 33.7 Å². The summed E-state index contributed by atoms with van der Waals surface area (Å²) in [7, 11) is 1.66. The molecule has 0 saturated carbocycles. The van der Waals surface area contributed by atoms with Gasteiger partial charge in [0.1, 0.15) is 24.3 Å². The predicted octanol–water partition coefficient (Wildman–Crippen LogP) is 2.99. The standard InChI is InChI=1S/C24H19N7O/c1-16-3-6-20-18(11-16)24-28-27-23(14-32-2)30(24)13-21-19(26-15-31(20)21)5-4-17-7-9-29-10-8-25-22(29)12-17/h3,6-12,15H,13-14H2,1-2H3. The van der Waals surface area contributed by atoms with Gasteiger partial charge in [0.2, 0.25) is 0 Å². The normalized spacial score (nSPS) is 11.9. The van der Waals surface area contributed by atoms with Crippen LogP contribution < -0.4 is 0 Å². The number of hydrogen-bond acceptors (Lipinski definition) is 5. The molecular weight excluding hydrogens is 402 g/mol.